The van der Waals surface area contributed by atoms with Gasteiger partial charge < -0.3 is 4.74 Å². The van der Waals surface area contributed by atoms with Crippen LogP contribution >= 0.6 is 12.4 Å². The van der Waals surface area contributed by atoms with E-state index in [4.69, 9.17) is 4.74 Å². The third-order valence-corrected chi connectivity index (χ3v) is 4.01. The monoisotopic (exact) mass is 297 g/mol. The molecule has 0 aliphatic heterocycles. The van der Waals surface area contributed by atoms with Crippen LogP contribution in [0.1, 0.15) is 44.1 Å². The van der Waals surface area contributed by atoms with Gasteiger partial charge in [0.25, 0.3) is 0 Å². The number of benzene rings is 1. The lowest BCUT2D eigenvalue weighted by atomic mass is 9.87. The highest BCUT2D eigenvalue weighted by Gasteiger charge is 2.32. The molecule has 0 amide bonds. The van der Waals surface area contributed by atoms with Gasteiger partial charge in [0, 0.05) is 6.42 Å². The van der Waals surface area contributed by atoms with Crippen molar-refractivity contribution in [2.45, 2.75) is 50.5 Å². The number of ether oxygens (including phenoxy) is 1. The van der Waals surface area contributed by atoms with Crippen LogP contribution in [0.4, 0.5) is 0 Å². The van der Waals surface area contributed by atoms with E-state index in [1.54, 1.807) is 0 Å². The summed E-state index contributed by atoms with van der Waals surface area (Å²) >= 11 is 0. The highest BCUT2D eigenvalue weighted by atomic mass is 35.5. The van der Waals surface area contributed by atoms with E-state index < -0.39 is 0 Å². The molecule has 3 heteroatoms. The van der Waals surface area contributed by atoms with E-state index >= 15 is 0 Å². The molecule has 1 fully saturated rings. The first-order chi connectivity index (χ1) is 9.20. The van der Waals surface area contributed by atoms with Crippen molar-refractivity contribution in [2.75, 3.05) is 20.8 Å². The van der Waals surface area contributed by atoms with Crippen molar-refractivity contribution in [1.29, 1.82) is 0 Å². The van der Waals surface area contributed by atoms with Gasteiger partial charge in [-0.05, 0) is 32.5 Å². The fraction of sp³-hybridized carbons (Fsp3) is 0.647. The van der Waals surface area contributed by atoms with E-state index in [9.17, 15) is 0 Å². The summed E-state index contributed by atoms with van der Waals surface area (Å²) < 4.78 is 6.34. The highest BCUT2D eigenvalue weighted by molar-refractivity contribution is 5.85. The topological polar surface area (TPSA) is 12.5 Å². The van der Waals surface area contributed by atoms with Crippen LogP contribution in [0.5, 0.6) is 0 Å². The van der Waals surface area contributed by atoms with Crippen molar-refractivity contribution in [3.05, 3.63) is 35.9 Å². The maximum Gasteiger partial charge on any atom is 0.0993 e. The summed E-state index contributed by atoms with van der Waals surface area (Å²) in [5.41, 5.74) is 1.46. The van der Waals surface area contributed by atoms with E-state index in [0.717, 1.165) is 13.2 Å². The van der Waals surface area contributed by atoms with E-state index in [0.29, 0.717) is 0 Å². The first kappa shape index (κ1) is 17.5. The van der Waals surface area contributed by atoms with Crippen LogP contribution in [0.3, 0.4) is 0 Å². The minimum atomic E-state index is 0. The van der Waals surface area contributed by atoms with Gasteiger partial charge in [0.15, 0.2) is 0 Å². The van der Waals surface area contributed by atoms with Crippen LogP contribution in [0, 0.1) is 0 Å². The van der Waals surface area contributed by atoms with Gasteiger partial charge in [-0.25, -0.2) is 0 Å². The van der Waals surface area contributed by atoms with E-state index in [1.807, 2.05) is 0 Å². The van der Waals surface area contributed by atoms with E-state index in [1.165, 1.54) is 44.1 Å². The van der Waals surface area contributed by atoms with Gasteiger partial charge in [-0.1, -0.05) is 56.0 Å². The zero-order chi connectivity index (χ0) is 13.6. The normalized spacial score (nSPS) is 18.4. The first-order valence-electron chi connectivity index (χ1n) is 7.53. The third kappa shape index (κ3) is 5.43. The SMILES string of the molecule is CN(C)COC1(Cc2ccccc2)CCCCCC1.Cl. The lowest BCUT2D eigenvalue weighted by molar-refractivity contribution is -0.0916. The third-order valence-electron chi connectivity index (χ3n) is 4.01. The molecule has 0 aromatic heterocycles. The quantitative estimate of drug-likeness (QED) is 0.594. The molecule has 1 saturated carbocycles. The van der Waals surface area contributed by atoms with Crippen molar-refractivity contribution in [3.63, 3.8) is 0 Å². The lowest BCUT2D eigenvalue weighted by Gasteiger charge is -2.34. The van der Waals surface area contributed by atoms with Crippen molar-refractivity contribution in [2.24, 2.45) is 0 Å². The summed E-state index contributed by atoms with van der Waals surface area (Å²) in [7, 11) is 4.15. The average Bonchev–Trinajstić information content (AvgIpc) is 2.64. The molecule has 0 spiro atoms. The Bertz CT molecular complexity index is 359. The van der Waals surface area contributed by atoms with Crippen LogP contribution in [0.25, 0.3) is 0 Å². The highest BCUT2D eigenvalue weighted by Crippen LogP contribution is 2.33. The van der Waals surface area contributed by atoms with Crippen LogP contribution in [0.2, 0.25) is 0 Å². The molecule has 0 unspecified atom stereocenters. The van der Waals surface area contributed by atoms with Crippen molar-refractivity contribution in [1.82, 2.24) is 4.90 Å². The van der Waals surface area contributed by atoms with Crippen molar-refractivity contribution in [3.8, 4) is 0 Å². The molecular weight excluding hydrogens is 270 g/mol. The van der Waals surface area contributed by atoms with Crippen LogP contribution in [-0.4, -0.2) is 31.3 Å². The summed E-state index contributed by atoms with van der Waals surface area (Å²) in [6, 6.07) is 10.8. The fourth-order valence-electron chi connectivity index (χ4n) is 2.98. The van der Waals surface area contributed by atoms with Crippen LogP contribution in [-0.2, 0) is 11.2 Å². The van der Waals surface area contributed by atoms with Gasteiger partial charge in [0.1, 0.15) is 0 Å². The van der Waals surface area contributed by atoms with Gasteiger partial charge in [0.2, 0.25) is 0 Å². The standard InChI is InChI=1S/C17H27NO.ClH/c1-18(2)15-19-17(12-8-3-4-9-13-17)14-16-10-6-5-7-11-16;/h5-7,10-11H,3-4,8-9,12-15H2,1-2H3;1H. The molecule has 0 N–H and O–H groups in total. The largest absolute Gasteiger partial charge is 0.359 e. The predicted octanol–water partition coefficient (Wildman–Crippen LogP) is 4.28. The second-order valence-corrected chi connectivity index (χ2v) is 6.11. The fourth-order valence-corrected chi connectivity index (χ4v) is 2.98. The van der Waals surface area contributed by atoms with E-state index in [2.05, 4.69) is 49.3 Å². The molecule has 1 aliphatic rings. The lowest BCUT2D eigenvalue weighted by Crippen LogP contribution is -2.38. The Kier molecular flexibility index (Phi) is 7.57. The first-order valence-corrected chi connectivity index (χ1v) is 7.53. The van der Waals surface area contributed by atoms with Crippen LogP contribution in [0.15, 0.2) is 30.3 Å². The van der Waals surface area contributed by atoms with Crippen molar-refractivity contribution >= 4 is 12.4 Å². The number of hydrogen-bond donors (Lipinski definition) is 0. The molecule has 0 heterocycles. The Morgan fingerprint density at radius 2 is 1.60 bits per heavy atom. The average molecular weight is 298 g/mol. The molecule has 20 heavy (non-hydrogen) atoms. The zero-order valence-electron chi connectivity index (χ0n) is 12.8. The molecule has 114 valence electrons. The van der Waals surface area contributed by atoms with Gasteiger partial charge >= 0.3 is 0 Å². The maximum absolute atomic E-state index is 6.34. The summed E-state index contributed by atoms with van der Waals surface area (Å²) in [5.74, 6) is 0. The van der Waals surface area contributed by atoms with Crippen molar-refractivity contribution < 1.29 is 4.74 Å². The van der Waals surface area contributed by atoms with Gasteiger partial charge in [-0.3, -0.25) is 4.90 Å². The Labute approximate surface area is 129 Å². The molecule has 0 radical (unpaired) electrons. The Hall–Kier alpha value is -0.570. The second kappa shape index (κ2) is 8.66. The summed E-state index contributed by atoms with van der Waals surface area (Å²) in [5, 5.41) is 0. The Morgan fingerprint density at radius 3 is 2.15 bits per heavy atom. The molecule has 0 saturated heterocycles. The Balaban J connectivity index is 0.00000200. The zero-order valence-corrected chi connectivity index (χ0v) is 13.6. The van der Waals surface area contributed by atoms with Gasteiger partial charge in [-0.15, -0.1) is 12.4 Å². The minimum absolute atomic E-state index is 0. The molecule has 2 nitrogen and oxygen atoms in total. The number of rotatable bonds is 5. The number of nitrogens with zero attached hydrogens (tertiary/aromatic N) is 1. The Morgan fingerprint density at radius 1 is 1.00 bits per heavy atom. The summed E-state index contributed by atoms with van der Waals surface area (Å²) in [4.78, 5) is 2.12. The molecule has 1 aromatic carbocycles. The number of halogens is 1. The van der Waals surface area contributed by atoms with Crippen LogP contribution < -0.4 is 0 Å². The summed E-state index contributed by atoms with van der Waals surface area (Å²) in [6.07, 6.45) is 8.80. The molecule has 0 atom stereocenters. The van der Waals surface area contributed by atoms with Gasteiger partial charge in [0.05, 0.1) is 12.3 Å². The molecule has 1 aromatic rings. The maximum atomic E-state index is 6.34. The molecular formula is C17H28ClNO. The predicted molar refractivity (Wildman–Crippen MR) is 87.5 cm³/mol. The number of hydrogen-bond acceptors (Lipinski definition) is 2. The smallest absolute Gasteiger partial charge is 0.0993 e. The molecule has 1 aliphatic carbocycles. The molecule has 0 bridgehead atoms. The van der Waals surface area contributed by atoms with E-state index in [-0.39, 0.29) is 18.0 Å². The minimum Gasteiger partial charge on any atom is -0.359 e. The second-order valence-electron chi connectivity index (χ2n) is 6.11. The summed E-state index contributed by atoms with van der Waals surface area (Å²) in [6.45, 7) is 0.729. The molecule has 2 rings (SSSR count). The van der Waals surface area contributed by atoms with Gasteiger partial charge in [-0.2, -0.15) is 0 Å².